The molecule has 0 atom stereocenters. The number of aryl methyl sites for hydroxylation is 1. The monoisotopic (exact) mass is 294 g/mol. The zero-order valence-electron chi connectivity index (χ0n) is 11.3. The number of hydrogen-bond donors (Lipinski definition) is 1. The first-order chi connectivity index (χ1) is 9.95. The topological polar surface area (TPSA) is 37.3 Å². The van der Waals surface area contributed by atoms with E-state index in [9.17, 15) is 18.0 Å². The summed E-state index contributed by atoms with van der Waals surface area (Å²) >= 11 is 0. The lowest BCUT2D eigenvalue weighted by Crippen LogP contribution is -2.06. The molecule has 1 N–H and O–H groups in total. The van der Waals surface area contributed by atoms with Crippen molar-refractivity contribution in [2.45, 2.75) is 19.8 Å². The van der Waals surface area contributed by atoms with Gasteiger partial charge in [0.25, 0.3) is 0 Å². The fourth-order valence-electron chi connectivity index (χ4n) is 2.17. The zero-order valence-corrected chi connectivity index (χ0v) is 11.3. The summed E-state index contributed by atoms with van der Waals surface area (Å²) in [6.07, 6.45) is 1.76. The molecule has 2 aromatic carbocycles. The second-order valence-corrected chi connectivity index (χ2v) is 4.66. The van der Waals surface area contributed by atoms with E-state index in [4.69, 9.17) is 5.11 Å². The first kappa shape index (κ1) is 15.1. The average molecular weight is 294 g/mol. The molecule has 0 aromatic heterocycles. The summed E-state index contributed by atoms with van der Waals surface area (Å²) in [5.41, 5.74) is 0.156. The van der Waals surface area contributed by atoms with Gasteiger partial charge in [0.05, 0.1) is 5.56 Å². The number of carbonyl (C=O) groups is 1. The van der Waals surface area contributed by atoms with Crippen molar-refractivity contribution in [3.63, 3.8) is 0 Å². The Bertz CT molecular complexity index is 679. The fourth-order valence-corrected chi connectivity index (χ4v) is 2.17. The largest absolute Gasteiger partial charge is 0.478 e. The van der Waals surface area contributed by atoms with E-state index >= 15 is 0 Å². The van der Waals surface area contributed by atoms with Gasteiger partial charge in [0, 0.05) is 5.56 Å². The average Bonchev–Trinajstić information content (AvgIpc) is 2.46. The molecule has 0 aliphatic rings. The highest BCUT2D eigenvalue weighted by Crippen LogP contribution is 2.30. The van der Waals surface area contributed by atoms with E-state index in [0.717, 1.165) is 18.4 Å². The van der Waals surface area contributed by atoms with Crippen molar-refractivity contribution in [3.8, 4) is 11.1 Å². The van der Waals surface area contributed by atoms with Crippen LogP contribution in [0.15, 0.2) is 30.3 Å². The van der Waals surface area contributed by atoms with Crippen LogP contribution in [-0.4, -0.2) is 11.1 Å². The van der Waals surface area contributed by atoms with Crippen LogP contribution in [0, 0.1) is 17.5 Å². The Hall–Kier alpha value is -2.30. The first-order valence-corrected chi connectivity index (χ1v) is 6.45. The zero-order chi connectivity index (χ0) is 15.6. The smallest absolute Gasteiger partial charge is 0.336 e. The molecule has 0 radical (unpaired) electrons. The second kappa shape index (κ2) is 5.99. The van der Waals surface area contributed by atoms with Gasteiger partial charge < -0.3 is 5.11 Å². The summed E-state index contributed by atoms with van der Waals surface area (Å²) in [7, 11) is 0. The van der Waals surface area contributed by atoms with Crippen molar-refractivity contribution in [3.05, 3.63) is 58.9 Å². The predicted octanol–water partition coefficient (Wildman–Crippen LogP) is 4.42. The molecule has 0 bridgehead atoms. The van der Waals surface area contributed by atoms with Gasteiger partial charge >= 0.3 is 5.97 Å². The molecule has 0 aliphatic heterocycles. The van der Waals surface area contributed by atoms with Gasteiger partial charge in [-0.15, -0.1) is 0 Å². The number of carboxylic acid groups (broad SMARTS) is 1. The Morgan fingerprint density at radius 3 is 2.24 bits per heavy atom. The normalized spacial score (nSPS) is 10.7. The molecule has 0 saturated heterocycles. The van der Waals surface area contributed by atoms with Gasteiger partial charge in [-0.25, -0.2) is 18.0 Å². The molecule has 2 aromatic rings. The lowest BCUT2D eigenvalue weighted by Gasteiger charge is -2.10. The Morgan fingerprint density at radius 2 is 1.71 bits per heavy atom. The van der Waals surface area contributed by atoms with Gasteiger partial charge in [-0.05, 0) is 23.6 Å². The highest BCUT2D eigenvalue weighted by Gasteiger charge is 2.23. The van der Waals surface area contributed by atoms with Crippen molar-refractivity contribution in [1.29, 1.82) is 0 Å². The number of benzene rings is 2. The molecule has 2 rings (SSSR count). The maximum absolute atomic E-state index is 13.9. The van der Waals surface area contributed by atoms with E-state index in [2.05, 4.69) is 0 Å². The third kappa shape index (κ3) is 2.91. The van der Waals surface area contributed by atoms with Crippen LogP contribution in [-0.2, 0) is 6.42 Å². The van der Waals surface area contributed by atoms with Crippen molar-refractivity contribution in [1.82, 2.24) is 0 Å². The lowest BCUT2D eigenvalue weighted by atomic mass is 9.97. The van der Waals surface area contributed by atoms with Crippen LogP contribution < -0.4 is 0 Å². The Morgan fingerprint density at radius 1 is 1.10 bits per heavy atom. The molecular weight excluding hydrogens is 281 g/mol. The van der Waals surface area contributed by atoms with Crippen LogP contribution in [0.3, 0.4) is 0 Å². The van der Waals surface area contributed by atoms with E-state index in [1.807, 2.05) is 6.92 Å². The van der Waals surface area contributed by atoms with E-state index in [0.29, 0.717) is 6.07 Å². The second-order valence-electron chi connectivity index (χ2n) is 4.66. The standard InChI is InChI=1S/C16H13F3O2/c1-2-3-9-4-6-10(7-5-9)13-11(16(20)21)8-12(17)14(18)15(13)19/h4-8H,2-3H2,1H3,(H,20,21). The minimum absolute atomic E-state index is 0.198. The third-order valence-electron chi connectivity index (χ3n) is 3.17. The highest BCUT2D eigenvalue weighted by atomic mass is 19.2. The molecule has 0 heterocycles. The molecular formula is C16H13F3O2. The first-order valence-electron chi connectivity index (χ1n) is 6.45. The van der Waals surface area contributed by atoms with Crippen molar-refractivity contribution in [2.75, 3.05) is 0 Å². The number of halogens is 3. The molecule has 0 fully saturated rings. The van der Waals surface area contributed by atoms with Crippen LogP contribution in [0.25, 0.3) is 11.1 Å². The minimum atomic E-state index is -1.67. The molecule has 2 nitrogen and oxygen atoms in total. The predicted molar refractivity (Wildman–Crippen MR) is 72.7 cm³/mol. The summed E-state index contributed by atoms with van der Waals surface area (Å²) in [6.45, 7) is 2.01. The van der Waals surface area contributed by atoms with Crippen molar-refractivity contribution < 1.29 is 23.1 Å². The quantitative estimate of drug-likeness (QED) is 0.847. The number of carboxylic acids is 1. The van der Waals surface area contributed by atoms with Gasteiger partial charge in [0.1, 0.15) is 0 Å². The maximum Gasteiger partial charge on any atom is 0.336 e. The summed E-state index contributed by atoms with van der Waals surface area (Å²) in [4.78, 5) is 11.1. The Kier molecular flexibility index (Phi) is 4.31. The number of hydrogen-bond acceptors (Lipinski definition) is 1. The molecule has 0 spiro atoms. The van der Waals surface area contributed by atoms with E-state index in [1.165, 1.54) is 12.1 Å². The van der Waals surface area contributed by atoms with E-state index in [1.54, 1.807) is 12.1 Å². The maximum atomic E-state index is 13.9. The summed E-state index contributed by atoms with van der Waals surface area (Å²) in [5, 5.41) is 9.05. The molecule has 0 amide bonds. The lowest BCUT2D eigenvalue weighted by molar-refractivity contribution is 0.0696. The number of aromatic carboxylic acids is 1. The van der Waals surface area contributed by atoms with E-state index in [-0.39, 0.29) is 5.56 Å². The van der Waals surface area contributed by atoms with Crippen LogP contribution in [0.2, 0.25) is 0 Å². The fraction of sp³-hybridized carbons (Fsp3) is 0.188. The van der Waals surface area contributed by atoms with Crippen molar-refractivity contribution in [2.24, 2.45) is 0 Å². The van der Waals surface area contributed by atoms with Crippen LogP contribution in [0.4, 0.5) is 13.2 Å². The third-order valence-corrected chi connectivity index (χ3v) is 3.17. The molecule has 0 aliphatic carbocycles. The van der Waals surface area contributed by atoms with Gasteiger partial charge in [-0.3, -0.25) is 0 Å². The van der Waals surface area contributed by atoms with Crippen LogP contribution in [0.1, 0.15) is 29.3 Å². The molecule has 5 heteroatoms. The SMILES string of the molecule is CCCc1ccc(-c2c(C(=O)O)cc(F)c(F)c2F)cc1. The highest BCUT2D eigenvalue weighted by molar-refractivity contribution is 5.96. The van der Waals surface area contributed by atoms with E-state index < -0.39 is 34.5 Å². The Labute approximate surface area is 119 Å². The van der Waals surface area contributed by atoms with Crippen molar-refractivity contribution >= 4 is 5.97 Å². The van der Waals surface area contributed by atoms with Gasteiger partial charge in [0.15, 0.2) is 17.5 Å². The van der Waals surface area contributed by atoms with Crippen LogP contribution in [0.5, 0.6) is 0 Å². The van der Waals surface area contributed by atoms with Crippen LogP contribution >= 0.6 is 0 Å². The minimum Gasteiger partial charge on any atom is -0.478 e. The molecule has 110 valence electrons. The van der Waals surface area contributed by atoms with Gasteiger partial charge in [0.2, 0.25) is 0 Å². The van der Waals surface area contributed by atoms with Gasteiger partial charge in [-0.2, -0.15) is 0 Å². The summed E-state index contributed by atoms with van der Waals surface area (Å²) in [6, 6.07) is 6.94. The summed E-state index contributed by atoms with van der Waals surface area (Å²) < 4.78 is 40.5. The molecule has 21 heavy (non-hydrogen) atoms. The van der Waals surface area contributed by atoms with Gasteiger partial charge in [-0.1, -0.05) is 37.6 Å². The Balaban J connectivity index is 2.61. The molecule has 0 unspecified atom stereocenters. The molecule has 0 saturated carbocycles. The number of rotatable bonds is 4. The summed E-state index contributed by atoms with van der Waals surface area (Å²) in [5.74, 6) is -6.19.